The second kappa shape index (κ2) is 11.5. The number of aromatic nitrogens is 3. The molecule has 1 fully saturated rings. The summed E-state index contributed by atoms with van der Waals surface area (Å²) in [5.41, 5.74) is 2.55. The molecule has 0 aliphatic carbocycles. The highest BCUT2D eigenvalue weighted by atomic mass is 127. The van der Waals surface area contributed by atoms with Crippen molar-refractivity contribution in [2.75, 3.05) is 26.7 Å². The van der Waals surface area contributed by atoms with Crippen LogP contribution in [0.25, 0.3) is 0 Å². The van der Waals surface area contributed by atoms with Gasteiger partial charge in [0, 0.05) is 25.7 Å². The van der Waals surface area contributed by atoms with Gasteiger partial charge in [-0.2, -0.15) is 5.10 Å². The molecule has 1 aromatic carbocycles. The fourth-order valence-corrected chi connectivity index (χ4v) is 3.66. The van der Waals surface area contributed by atoms with Crippen LogP contribution in [0, 0.1) is 0 Å². The Labute approximate surface area is 191 Å². The van der Waals surface area contributed by atoms with Crippen molar-refractivity contribution in [3.63, 3.8) is 0 Å². The maximum Gasteiger partial charge on any atom is 0.191 e. The van der Waals surface area contributed by atoms with Crippen molar-refractivity contribution in [3.8, 4) is 0 Å². The van der Waals surface area contributed by atoms with Gasteiger partial charge in [0.15, 0.2) is 5.96 Å². The van der Waals surface area contributed by atoms with Crippen LogP contribution in [0.5, 0.6) is 0 Å². The zero-order valence-electron chi connectivity index (χ0n) is 17.8. The Bertz CT molecular complexity index is 752. The van der Waals surface area contributed by atoms with Crippen LogP contribution in [0.3, 0.4) is 0 Å². The van der Waals surface area contributed by atoms with E-state index in [1.54, 1.807) is 12.7 Å². The molecule has 29 heavy (non-hydrogen) atoms. The van der Waals surface area contributed by atoms with Crippen molar-refractivity contribution in [2.24, 2.45) is 4.99 Å². The first-order valence-electron chi connectivity index (χ1n) is 10.2. The number of likely N-dealkylation sites (tertiary alicyclic amines) is 1. The largest absolute Gasteiger partial charge is 0.355 e. The lowest BCUT2D eigenvalue weighted by molar-refractivity contribution is 0.0982. The van der Waals surface area contributed by atoms with Gasteiger partial charge in [-0.3, -0.25) is 9.89 Å². The molecule has 0 unspecified atom stereocenters. The summed E-state index contributed by atoms with van der Waals surface area (Å²) in [4.78, 5) is 11.0. The molecular weight excluding hydrogens is 477 g/mol. The van der Waals surface area contributed by atoms with Gasteiger partial charge in [-0.05, 0) is 50.9 Å². The number of benzene rings is 1. The Morgan fingerprint density at radius 2 is 1.90 bits per heavy atom. The van der Waals surface area contributed by atoms with E-state index >= 15 is 0 Å². The highest BCUT2D eigenvalue weighted by molar-refractivity contribution is 14.0. The highest BCUT2D eigenvalue weighted by Gasteiger charge is 2.27. The number of nitrogens with zero attached hydrogens (tertiary/aromatic N) is 5. The number of aliphatic imine (C=N–C) groups is 1. The standard InChI is InChI=1S/C21H33N7.HI/c1-21(2,27-10-5-4-6-11-27)15-25-20(22-3)24-13-18-8-7-9-19(12-18)14-28-17-23-16-26-28;/h7-9,12,16-17H,4-6,10-11,13-15H2,1-3H3,(H2,22,24,25);1H. The minimum Gasteiger partial charge on any atom is -0.355 e. The first-order valence-corrected chi connectivity index (χ1v) is 10.2. The van der Waals surface area contributed by atoms with E-state index in [9.17, 15) is 0 Å². The monoisotopic (exact) mass is 511 g/mol. The zero-order valence-corrected chi connectivity index (χ0v) is 20.1. The minimum atomic E-state index is 0. The molecular formula is C21H34IN7. The number of guanidine groups is 1. The van der Waals surface area contributed by atoms with Gasteiger partial charge in [0.1, 0.15) is 12.7 Å². The molecule has 1 saturated heterocycles. The quantitative estimate of drug-likeness (QED) is 0.340. The van der Waals surface area contributed by atoms with Crippen molar-refractivity contribution in [2.45, 2.75) is 51.7 Å². The van der Waals surface area contributed by atoms with Crippen LogP contribution in [0.15, 0.2) is 41.9 Å². The number of halogens is 1. The van der Waals surface area contributed by atoms with E-state index in [-0.39, 0.29) is 29.5 Å². The molecule has 0 amide bonds. The molecule has 0 bridgehead atoms. The second-order valence-corrected chi connectivity index (χ2v) is 8.05. The van der Waals surface area contributed by atoms with Crippen LogP contribution < -0.4 is 10.6 Å². The third-order valence-corrected chi connectivity index (χ3v) is 5.39. The Morgan fingerprint density at radius 3 is 2.59 bits per heavy atom. The topological polar surface area (TPSA) is 70.4 Å². The summed E-state index contributed by atoms with van der Waals surface area (Å²) in [7, 11) is 1.82. The van der Waals surface area contributed by atoms with Crippen molar-refractivity contribution < 1.29 is 0 Å². The summed E-state index contributed by atoms with van der Waals surface area (Å²) < 4.78 is 1.83. The van der Waals surface area contributed by atoms with E-state index in [0.717, 1.165) is 25.6 Å². The lowest BCUT2D eigenvalue weighted by Crippen LogP contribution is -2.54. The van der Waals surface area contributed by atoms with Gasteiger partial charge in [0.05, 0.1) is 6.54 Å². The minimum absolute atomic E-state index is 0. The Kier molecular flexibility index (Phi) is 9.35. The van der Waals surface area contributed by atoms with Gasteiger partial charge in [0.25, 0.3) is 0 Å². The zero-order chi connectivity index (χ0) is 19.8. The first-order chi connectivity index (χ1) is 13.6. The molecule has 0 radical (unpaired) electrons. The lowest BCUT2D eigenvalue weighted by atomic mass is 9.98. The third kappa shape index (κ3) is 7.26. The van der Waals surface area contributed by atoms with Gasteiger partial charge >= 0.3 is 0 Å². The van der Waals surface area contributed by atoms with E-state index in [1.165, 1.54) is 43.5 Å². The van der Waals surface area contributed by atoms with Crippen molar-refractivity contribution >= 4 is 29.9 Å². The van der Waals surface area contributed by atoms with Gasteiger partial charge in [-0.1, -0.05) is 30.7 Å². The van der Waals surface area contributed by atoms with Crippen molar-refractivity contribution in [1.82, 2.24) is 30.3 Å². The number of hydrogen-bond acceptors (Lipinski definition) is 4. The average Bonchev–Trinajstić information content (AvgIpc) is 3.22. The molecule has 2 heterocycles. The Morgan fingerprint density at radius 1 is 1.14 bits per heavy atom. The summed E-state index contributed by atoms with van der Waals surface area (Å²) >= 11 is 0. The van der Waals surface area contributed by atoms with E-state index in [1.807, 2.05) is 11.7 Å². The molecule has 160 valence electrons. The van der Waals surface area contributed by atoms with Crippen LogP contribution >= 0.6 is 24.0 Å². The number of piperidine rings is 1. The van der Waals surface area contributed by atoms with Crippen molar-refractivity contribution in [1.29, 1.82) is 0 Å². The molecule has 8 heteroatoms. The maximum atomic E-state index is 4.39. The van der Waals surface area contributed by atoms with Gasteiger partial charge in [-0.25, -0.2) is 9.67 Å². The predicted octanol–water partition coefficient (Wildman–Crippen LogP) is 2.87. The molecule has 0 atom stereocenters. The maximum absolute atomic E-state index is 4.39. The number of rotatable bonds is 7. The Balaban J connectivity index is 0.00000300. The molecule has 3 rings (SSSR count). The second-order valence-electron chi connectivity index (χ2n) is 8.05. The lowest BCUT2D eigenvalue weighted by Gasteiger charge is -2.41. The molecule has 2 aromatic rings. The van der Waals surface area contributed by atoms with Crippen LogP contribution in [0.4, 0.5) is 0 Å². The summed E-state index contributed by atoms with van der Waals surface area (Å²) in [5.74, 6) is 0.840. The molecule has 1 aliphatic heterocycles. The van der Waals surface area contributed by atoms with E-state index in [0.29, 0.717) is 0 Å². The Hall–Kier alpha value is -1.68. The van der Waals surface area contributed by atoms with Crippen LogP contribution in [0.2, 0.25) is 0 Å². The number of nitrogens with one attached hydrogen (secondary N) is 2. The summed E-state index contributed by atoms with van der Waals surface area (Å²) in [6.45, 7) is 9.34. The highest BCUT2D eigenvalue weighted by Crippen LogP contribution is 2.19. The van der Waals surface area contributed by atoms with E-state index < -0.39 is 0 Å². The molecule has 2 N–H and O–H groups in total. The van der Waals surface area contributed by atoms with Gasteiger partial charge in [0.2, 0.25) is 0 Å². The smallest absolute Gasteiger partial charge is 0.191 e. The fourth-order valence-electron chi connectivity index (χ4n) is 3.66. The molecule has 1 aliphatic rings. The first kappa shape index (κ1) is 23.6. The normalized spacial score (nSPS) is 15.6. The van der Waals surface area contributed by atoms with E-state index in [2.05, 4.69) is 68.7 Å². The average molecular weight is 511 g/mol. The van der Waals surface area contributed by atoms with Gasteiger partial charge in [-0.15, -0.1) is 24.0 Å². The molecule has 7 nitrogen and oxygen atoms in total. The fraction of sp³-hybridized carbons (Fsp3) is 0.571. The van der Waals surface area contributed by atoms with Crippen LogP contribution in [-0.4, -0.2) is 57.8 Å². The van der Waals surface area contributed by atoms with Crippen molar-refractivity contribution in [3.05, 3.63) is 48.0 Å². The van der Waals surface area contributed by atoms with E-state index in [4.69, 9.17) is 0 Å². The number of hydrogen-bond donors (Lipinski definition) is 2. The summed E-state index contributed by atoms with van der Waals surface area (Å²) in [5, 5.41) is 11.1. The summed E-state index contributed by atoms with van der Waals surface area (Å²) in [6.07, 6.45) is 7.27. The third-order valence-electron chi connectivity index (χ3n) is 5.39. The van der Waals surface area contributed by atoms with Crippen LogP contribution in [0.1, 0.15) is 44.2 Å². The van der Waals surface area contributed by atoms with Gasteiger partial charge < -0.3 is 10.6 Å². The van der Waals surface area contributed by atoms with Crippen LogP contribution in [-0.2, 0) is 13.1 Å². The predicted molar refractivity (Wildman–Crippen MR) is 129 cm³/mol. The molecule has 0 spiro atoms. The SMILES string of the molecule is CN=C(NCc1cccc(Cn2cncn2)c1)NCC(C)(C)N1CCCCC1.I. The molecule has 0 saturated carbocycles. The summed E-state index contributed by atoms with van der Waals surface area (Å²) in [6, 6.07) is 8.51. The molecule has 1 aromatic heterocycles.